The Bertz CT molecular complexity index is 638. The van der Waals surface area contributed by atoms with Crippen molar-refractivity contribution in [2.75, 3.05) is 16.4 Å². The highest BCUT2D eigenvalue weighted by Crippen LogP contribution is 2.21. The van der Waals surface area contributed by atoms with E-state index in [0.29, 0.717) is 10.9 Å². The van der Waals surface area contributed by atoms with E-state index in [-0.39, 0.29) is 11.8 Å². The molecular formula is C14H15N3O2S2. The van der Waals surface area contributed by atoms with Crippen molar-refractivity contribution in [2.24, 2.45) is 0 Å². The summed E-state index contributed by atoms with van der Waals surface area (Å²) in [6.45, 7) is 3.35. The molecule has 1 aromatic heterocycles. The van der Waals surface area contributed by atoms with E-state index in [2.05, 4.69) is 15.6 Å². The van der Waals surface area contributed by atoms with Crippen LogP contribution in [-0.4, -0.2) is 22.6 Å². The number of rotatable bonds is 5. The van der Waals surface area contributed by atoms with Crippen LogP contribution in [-0.2, 0) is 9.59 Å². The third kappa shape index (κ3) is 5.20. The maximum atomic E-state index is 11.8. The van der Waals surface area contributed by atoms with Gasteiger partial charge in [0, 0.05) is 22.9 Å². The Labute approximate surface area is 131 Å². The Morgan fingerprint density at radius 2 is 1.95 bits per heavy atom. The number of nitrogens with one attached hydrogen (secondary N) is 2. The van der Waals surface area contributed by atoms with Crippen molar-refractivity contribution in [1.82, 2.24) is 4.98 Å². The zero-order valence-electron chi connectivity index (χ0n) is 11.7. The Balaban J connectivity index is 1.82. The lowest BCUT2D eigenvalue weighted by atomic mass is 10.3. The summed E-state index contributed by atoms with van der Waals surface area (Å²) in [5.74, 6) is 0.131. The van der Waals surface area contributed by atoms with Crippen LogP contribution >= 0.6 is 23.1 Å². The number of amides is 2. The van der Waals surface area contributed by atoms with E-state index in [1.54, 1.807) is 0 Å². The van der Waals surface area contributed by atoms with Gasteiger partial charge in [0.05, 0.1) is 11.4 Å². The fourth-order valence-corrected chi connectivity index (χ4v) is 2.96. The summed E-state index contributed by atoms with van der Waals surface area (Å²) in [4.78, 5) is 27.8. The number of thioether (sulfide) groups is 1. The number of aromatic nitrogens is 1. The Morgan fingerprint density at radius 1 is 1.24 bits per heavy atom. The van der Waals surface area contributed by atoms with Gasteiger partial charge in [0.1, 0.15) is 0 Å². The number of hydrogen-bond acceptors (Lipinski definition) is 5. The number of benzene rings is 1. The molecular weight excluding hydrogens is 306 g/mol. The van der Waals surface area contributed by atoms with E-state index in [0.717, 1.165) is 16.3 Å². The van der Waals surface area contributed by atoms with Crippen molar-refractivity contribution in [2.45, 2.75) is 18.7 Å². The second-order valence-corrected chi connectivity index (χ2v) is 6.24. The minimum Gasteiger partial charge on any atom is -0.326 e. The molecule has 0 spiro atoms. The fourth-order valence-electron chi connectivity index (χ4n) is 1.55. The zero-order valence-corrected chi connectivity index (χ0v) is 13.3. The van der Waals surface area contributed by atoms with E-state index in [1.165, 1.54) is 30.0 Å². The van der Waals surface area contributed by atoms with Gasteiger partial charge < -0.3 is 10.6 Å². The quantitative estimate of drug-likeness (QED) is 0.830. The lowest BCUT2D eigenvalue weighted by molar-refractivity contribution is -0.114. The molecule has 0 bridgehead atoms. The van der Waals surface area contributed by atoms with Crippen LogP contribution in [0.3, 0.4) is 0 Å². The molecule has 2 rings (SSSR count). The highest BCUT2D eigenvalue weighted by Gasteiger charge is 2.06. The number of anilines is 2. The first-order valence-electron chi connectivity index (χ1n) is 6.25. The topological polar surface area (TPSA) is 71.1 Å². The molecule has 0 aliphatic heterocycles. The second kappa shape index (κ2) is 7.24. The molecule has 7 heteroatoms. The molecule has 0 aliphatic rings. The summed E-state index contributed by atoms with van der Waals surface area (Å²) in [6, 6.07) is 7.37. The van der Waals surface area contributed by atoms with Crippen LogP contribution < -0.4 is 10.6 Å². The van der Waals surface area contributed by atoms with Gasteiger partial charge in [-0.1, -0.05) is 0 Å². The highest BCUT2D eigenvalue weighted by molar-refractivity contribution is 8.00. The molecule has 2 aromatic rings. The van der Waals surface area contributed by atoms with Crippen molar-refractivity contribution >= 4 is 45.7 Å². The van der Waals surface area contributed by atoms with Gasteiger partial charge in [-0.15, -0.1) is 23.1 Å². The maximum Gasteiger partial charge on any atom is 0.236 e. The molecule has 0 aliphatic carbocycles. The van der Waals surface area contributed by atoms with Crippen molar-refractivity contribution in [3.8, 4) is 0 Å². The summed E-state index contributed by atoms with van der Waals surface area (Å²) in [5, 5.41) is 7.98. The molecule has 0 atom stereocenters. The first-order valence-corrected chi connectivity index (χ1v) is 8.12. The molecule has 110 valence electrons. The molecule has 21 heavy (non-hydrogen) atoms. The van der Waals surface area contributed by atoms with Crippen LogP contribution in [0, 0.1) is 6.92 Å². The monoisotopic (exact) mass is 321 g/mol. The van der Waals surface area contributed by atoms with Crippen LogP contribution in [0.5, 0.6) is 0 Å². The average molecular weight is 321 g/mol. The minimum atomic E-state index is -0.103. The summed E-state index contributed by atoms with van der Waals surface area (Å²) >= 11 is 2.85. The van der Waals surface area contributed by atoms with Gasteiger partial charge >= 0.3 is 0 Å². The van der Waals surface area contributed by atoms with E-state index < -0.39 is 0 Å². The predicted molar refractivity (Wildman–Crippen MR) is 87.0 cm³/mol. The largest absolute Gasteiger partial charge is 0.326 e. The van der Waals surface area contributed by atoms with Crippen LogP contribution in [0.4, 0.5) is 10.8 Å². The number of thiazole rings is 1. The Hall–Kier alpha value is -1.86. The zero-order chi connectivity index (χ0) is 15.2. The SMILES string of the molecule is CC(=O)Nc1ccc(SCC(=O)Nc2nc(C)cs2)cc1. The number of aryl methyl sites for hydroxylation is 1. The van der Waals surface area contributed by atoms with Crippen molar-refractivity contribution in [1.29, 1.82) is 0 Å². The molecule has 0 saturated carbocycles. The number of nitrogens with zero attached hydrogens (tertiary/aromatic N) is 1. The van der Waals surface area contributed by atoms with Gasteiger partial charge in [0.25, 0.3) is 0 Å². The second-order valence-electron chi connectivity index (χ2n) is 4.34. The van der Waals surface area contributed by atoms with Gasteiger partial charge in [-0.05, 0) is 31.2 Å². The summed E-state index contributed by atoms with van der Waals surface area (Å²) in [7, 11) is 0. The van der Waals surface area contributed by atoms with Crippen LogP contribution in [0.15, 0.2) is 34.5 Å². The minimum absolute atomic E-state index is 0.0831. The van der Waals surface area contributed by atoms with E-state index in [9.17, 15) is 9.59 Å². The lowest BCUT2D eigenvalue weighted by Gasteiger charge is -2.04. The smallest absolute Gasteiger partial charge is 0.236 e. The van der Waals surface area contributed by atoms with Gasteiger partial charge in [-0.3, -0.25) is 9.59 Å². The molecule has 0 radical (unpaired) electrons. The van der Waals surface area contributed by atoms with Crippen molar-refractivity contribution < 1.29 is 9.59 Å². The van der Waals surface area contributed by atoms with Crippen LogP contribution in [0.1, 0.15) is 12.6 Å². The number of hydrogen-bond donors (Lipinski definition) is 2. The Morgan fingerprint density at radius 3 is 2.52 bits per heavy atom. The fraction of sp³-hybridized carbons (Fsp3) is 0.214. The highest BCUT2D eigenvalue weighted by atomic mass is 32.2. The van der Waals surface area contributed by atoms with Gasteiger partial charge in [-0.2, -0.15) is 0 Å². The lowest BCUT2D eigenvalue weighted by Crippen LogP contribution is -2.13. The average Bonchev–Trinajstić information content (AvgIpc) is 2.83. The third-order valence-electron chi connectivity index (χ3n) is 2.41. The standard InChI is InChI=1S/C14H15N3O2S2/c1-9-7-21-14(15-9)17-13(19)8-20-12-5-3-11(4-6-12)16-10(2)18/h3-7H,8H2,1-2H3,(H,16,18)(H,15,17,19). The molecule has 0 saturated heterocycles. The molecule has 5 nitrogen and oxygen atoms in total. The molecule has 0 unspecified atom stereocenters. The van der Waals surface area contributed by atoms with Crippen molar-refractivity contribution in [3.63, 3.8) is 0 Å². The van der Waals surface area contributed by atoms with Gasteiger partial charge in [0.2, 0.25) is 11.8 Å². The van der Waals surface area contributed by atoms with Crippen LogP contribution in [0.2, 0.25) is 0 Å². The summed E-state index contributed by atoms with van der Waals surface area (Å²) in [5.41, 5.74) is 1.64. The van der Waals surface area contributed by atoms with Gasteiger partial charge in [0.15, 0.2) is 5.13 Å². The summed E-state index contributed by atoms with van der Waals surface area (Å²) in [6.07, 6.45) is 0. The third-order valence-corrected chi connectivity index (χ3v) is 4.30. The van der Waals surface area contributed by atoms with E-state index in [4.69, 9.17) is 0 Å². The van der Waals surface area contributed by atoms with Gasteiger partial charge in [-0.25, -0.2) is 4.98 Å². The molecule has 0 fully saturated rings. The van der Waals surface area contributed by atoms with Crippen LogP contribution in [0.25, 0.3) is 0 Å². The number of carbonyl (C=O) groups is 2. The maximum absolute atomic E-state index is 11.8. The Kier molecular flexibility index (Phi) is 5.35. The number of carbonyl (C=O) groups excluding carboxylic acids is 2. The first-order chi connectivity index (χ1) is 10.0. The van der Waals surface area contributed by atoms with E-state index >= 15 is 0 Å². The predicted octanol–water partition coefficient (Wildman–Crippen LogP) is 3.14. The summed E-state index contributed by atoms with van der Waals surface area (Å²) < 4.78 is 0. The first kappa shape index (κ1) is 15.5. The van der Waals surface area contributed by atoms with E-state index in [1.807, 2.05) is 36.6 Å². The molecule has 1 aromatic carbocycles. The normalized spacial score (nSPS) is 10.2. The van der Waals surface area contributed by atoms with Crippen molar-refractivity contribution in [3.05, 3.63) is 35.3 Å². The molecule has 2 amide bonds. The molecule has 1 heterocycles. The molecule has 2 N–H and O–H groups in total.